The molecule has 6 amide bonds. The Morgan fingerprint density at radius 3 is 1.77 bits per heavy atom. The van der Waals surface area contributed by atoms with Crippen LogP contribution in [0.25, 0.3) is 0 Å². The van der Waals surface area contributed by atoms with Gasteiger partial charge in [-0.3, -0.25) is 28.8 Å². The highest BCUT2D eigenvalue weighted by Gasteiger charge is 2.33. The molecule has 0 aromatic rings. The van der Waals surface area contributed by atoms with Crippen molar-refractivity contribution in [2.75, 3.05) is 19.7 Å². The van der Waals surface area contributed by atoms with Crippen LogP contribution in [0.3, 0.4) is 0 Å². The van der Waals surface area contributed by atoms with Crippen LogP contribution in [0.4, 0.5) is 0 Å². The fraction of sp³-hybridized carbons (Fsp3) is 0.750. The van der Waals surface area contributed by atoms with E-state index in [0.29, 0.717) is 19.4 Å². The van der Waals surface area contributed by atoms with E-state index in [1.165, 1.54) is 20.8 Å². The minimum atomic E-state index is -1.65. The van der Waals surface area contributed by atoms with Gasteiger partial charge in [-0.2, -0.15) is 0 Å². The lowest BCUT2D eigenvalue weighted by Gasteiger charge is -2.26. The monoisotopic (exact) mass is 676 g/mol. The maximum absolute atomic E-state index is 12.9. The lowest BCUT2D eigenvalue weighted by atomic mass is 10.0. The first kappa shape index (κ1) is 43.1. The summed E-state index contributed by atoms with van der Waals surface area (Å²) in [5.41, 5.74) is 10.9. The number of amides is 6. The summed E-state index contributed by atoms with van der Waals surface area (Å²) in [6.45, 7) is 6.14. The number of nitrogens with two attached hydrogens (primary N) is 2. The van der Waals surface area contributed by atoms with Gasteiger partial charge in [-0.05, 0) is 58.9 Å². The fourth-order valence-electron chi connectivity index (χ4n) is 3.99. The zero-order valence-electron chi connectivity index (χ0n) is 27.4. The highest BCUT2D eigenvalue weighted by molar-refractivity contribution is 5.96. The number of unbranched alkanes of at least 4 members (excludes halogenated alkanes) is 1. The molecule has 0 aromatic carbocycles. The van der Waals surface area contributed by atoms with E-state index in [9.17, 15) is 54.0 Å². The summed E-state index contributed by atoms with van der Waals surface area (Å²) in [6.07, 6.45) is -1.43. The molecule has 0 aromatic heterocycles. The van der Waals surface area contributed by atoms with Crippen molar-refractivity contribution in [3.8, 4) is 0 Å². The zero-order valence-corrected chi connectivity index (χ0v) is 27.4. The molecule has 0 heterocycles. The van der Waals surface area contributed by atoms with Gasteiger partial charge in [-0.1, -0.05) is 13.8 Å². The molecule has 8 atom stereocenters. The number of hydrogen-bond acceptors (Lipinski definition) is 12. The smallest absolute Gasteiger partial charge is 0.326 e. The Morgan fingerprint density at radius 2 is 1.28 bits per heavy atom. The maximum atomic E-state index is 12.9. The SMILES string of the molecule is CC(C)C[C@H](NC(=O)[C@H](C)NC(=O)[C@@H](NC(=O)[C@H](CO)NC(=O)[C@@H](N)[C@@H](C)O)[C@@H](C)O)C(=O)NCC(=O)N[C@@H](CCCCN)C(=O)O. The van der Waals surface area contributed by atoms with Crippen molar-refractivity contribution in [1.29, 1.82) is 0 Å². The molecule has 0 spiro atoms. The van der Waals surface area contributed by atoms with Gasteiger partial charge >= 0.3 is 5.97 Å². The van der Waals surface area contributed by atoms with Gasteiger partial charge < -0.3 is 63.8 Å². The van der Waals surface area contributed by atoms with E-state index in [4.69, 9.17) is 11.5 Å². The van der Waals surface area contributed by atoms with Crippen molar-refractivity contribution < 1.29 is 54.0 Å². The molecule has 0 fully saturated rings. The van der Waals surface area contributed by atoms with Crippen LogP contribution in [0.15, 0.2) is 0 Å². The first-order chi connectivity index (χ1) is 21.9. The van der Waals surface area contributed by atoms with E-state index >= 15 is 0 Å². The lowest BCUT2D eigenvalue weighted by Crippen LogP contribution is -2.61. The number of hydrogen-bond donors (Lipinski definition) is 12. The van der Waals surface area contributed by atoms with E-state index in [2.05, 4.69) is 31.9 Å². The Morgan fingerprint density at radius 1 is 0.681 bits per heavy atom. The molecule has 0 saturated heterocycles. The van der Waals surface area contributed by atoms with Crippen molar-refractivity contribution in [3.63, 3.8) is 0 Å². The summed E-state index contributed by atoms with van der Waals surface area (Å²) in [5, 5.41) is 52.3. The summed E-state index contributed by atoms with van der Waals surface area (Å²) >= 11 is 0. The Bertz CT molecular complexity index is 1070. The second kappa shape index (κ2) is 21.8. The first-order valence-corrected chi connectivity index (χ1v) is 15.3. The minimum absolute atomic E-state index is 0.103. The molecular weight excluding hydrogens is 624 g/mol. The number of aliphatic hydroxyl groups excluding tert-OH is 3. The zero-order chi connectivity index (χ0) is 36.4. The summed E-state index contributed by atoms with van der Waals surface area (Å²) in [6, 6.07) is -8.26. The Labute approximate surface area is 273 Å². The van der Waals surface area contributed by atoms with Gasteiger partial charge in [0.1, 0.15) is 36.3 Å². The number of aliphatic hydroxyl groups is 3. The number of nitrogens with one attached hydrogen (secondary N) is 6. The molecule has 270 valence electrons. The van der Waals surface area contributed by atoms with Crippen molar-refractivity contribution >= 4 is 41.4 Å². The maximum Gasteiger partial charge on any atom is 0.326 e. The van der Waals surface area contributed by atoms with Crippen LogP contribution >= 0.6 is 0 Å². The molecule has 0 saturated carbocycles. The average Bonchev–Trinajstić information content (AvgIpc) is 2.98. The molecule has 0 unspecified atom stereocenters. The van der Waals surface area contributed by atoms with Gasteiger partial charge in [0.2, 0.25) is 35.4 Å². The third kappa shape index (κ3) is 16.5. The van der Waals surface area contributed by atoms with Gasteiger partial charge in [0, 0.05) is 0 Å². The van der Waals surface area contributed by atoms with Crippen LogP contribution in [0, 0.1) is 5.92 Å². The van der Waals surface area contributed by atoms with Crippen molar-refractivity contribution in [2.24, 2.45) is 17.4 Å². The number of rotatable bonds is 22. The molecule has 0 aliphatic carbocycles. The van der Waals surface area contributed by atoms with Gasteiger partial charge in [0.25, 0.3) is 0 Å². The molecular formula is C28H52N8O11. The van der Waals surface area contributed by atoms with E-state index in [1.54, 1.807) is 13.8 Å². The van der Waals surface area contributed by atoms with Crippen LogP contribution in [-0.4, -0.2) is 130 Å². The second-order valence-electron chi connectivity index (χ2n) is 11.6. The van der Waals surface area contributed by atoms with Gasteiger partial charge in [-0.15, -0.1) is 0 Å². The van der Waals surface area contributed by atoms with Crippen molar-refractivity contribution in [3.05, 3.63) is 0 Å². The van der Waals surface area contributed by atoms with E-state index in [1.807, 2.05) is 0 Å². The van der Waals surface area contributed by atoms with E-state index in [0.717, 1.165) is 0 Å². The molecule has 19 heteroatoms. The number of carbonyl (C=O) groups excluding carboxylic acids is 6. The average molecular weight is 677 g/mol. The molecule has 0 radical (unpaired) electrons. The second-order valence-corrected chi connectivity index (χ2v) is 11.6. The Balaban J connectivity index is 5.36. The van der Waals surface area contributed by atoms with Crippen molar-refractivity contribution in [2.45, 2.75) is 109 Å². The molecule has 0 bridgehead atoms. The molecule has 19 nitrogen and oxygen atoms in total. The predicted molar refractivity (Wildman–Crippen MR) is 167 cm³/mol. The van der Waals surface area contributed by atoms with Crippen LogP contribution in [0.2, 0.25) is 0 Å². The summed E-state index contributed by atoms with van der Waals surface area (Å²) in [7, 11) is 0. The van der Waals surface area contributed by atoms with Crippen LogP contribution in [0.1, 0.15) is 60.3 Å². The van der Waals surface area contributed by atoms with Gasteiger partial charge in [0.05, 0.1) is 25.4 Å². The van der Waals surface area contributed by atoms with Crippen LogP contribution in [-0.2, 0) is 33.6 Å². The number of aliphatic carboxylic acids is 1. The number of carbonyl (C=O) groups is 7. The van der Waals surface area contributed by atoms with Crippen LogP contribution < -0.4 is 43.4 Å². The third-order valence-electron chi connectivity index (χ3n) is 6.80. The predicted octanol–water partition coefficient (Wildman–Crippen LogP) is -5.11. The molecule has 14 N–H and O–H groups in total. The van der Waals surface area contributed by atoms with Gasteiger partial charge in [-0.25, -0.2) is 4.79 Å². The molecule has 0 rings (SSSR count). The molecule has 47 heavy (non-hydrogen) atoms. The Kier molecular flexibility index (Phi) is 20.0. The number of carboxylic acid groups (broad SMARTS) is 1. The standard InChI is InChI=1S/C28H52N8O11/c1-13(2)10-18(24(42)31-11-20(40)33-17(28(46)47)8-6-7-9-29)34-23(41)14(3)32-27(45)22(16(5)39)36-25(43)19(12-37)35-26(44)21(30)15(4)38/h13-19,21-22,37-39H,6-12,29-30H2,1-5H3,(H,31,42)(H,32,45)(H,33,40)(H,34,41)(H,35,44)(H,36,43)(H,46,47)/t14-,15+,16+,17-,18-,19-,21-,22-/m0/s1. The van der Waals surface area contributed by atoms with E-state index < -0.39 is 103 Å². The van der Waals surface area contributed by atoms with Gasteiger partial charge in [0.15, 0.2) is 0 Å². The summed E-state index contributed by atoms with van der Waals surface area (Å²) < 4.78 is 0. The third-order valence-corrected chi connectivity index (χ3v) is 6.80. The normalized spacial score (nSPS) is 16.2. The molecule has 0 aliphatic heterocycles. The lowest BCUT2D eigenvalue weighted by molar-refractivity contribution is -0.142. The number of carboxylic acids is 1. The first-order valence-electron chi connectivity index (χ1n) is 15.3. The largest absolute Gasteiger partial charge is 0.480 e. The quantitative estimate of drug-likeness (QED) is 0.0478. The fourth-order valence-corrected chi connectivity index (χ4v) is 3.99. The topological polar surface area (TPSA) is 325 Å². The summed E-state index contributed by atoms with van der Waals surface area (Å²) in [5.74, 6) is -6.70. The Hall–Kier alpha value is -3.91. The minimum Gasteiger partial charge on any atom is -0.480 e. The summed E-state index contributed by atoms with van der Waals surface area (Å²) in [4.78, 5) is 87.2. The van der Waals surface area contributed by atoms with Crippen LogP contribution in [0.5, 0.6) is 0 Å². The van der Waals surface area contributed by atoms with E-state index in [-0.39, 0.29) is 18.8 Å². The highest BCUT2D eigenvalue weighted by atomic mass is 16.4. The van der Waals surface area contributed by atoms with Crippen molar-refractivity contribution in [1.82, 2.24) is 31.9 Å². The highest BCUT2D eigenvalue weighted by Crippen LogP contribution is 2.06. The molecule has 0 aliphatic rings.